The van der Waals surface area contributed by atoms with E-state index in [1.807, 2.05) is 31.2 Å². The zero-order valence-corrected chi connectivity index (χ0v) is 14.2. The van der Waals surface area contributed by atoms with Crippen molar-refractivity contribution in [3.8, 4) is 0 Å². The first-order valence-corrected chi connectivity index (χ1v) is 8.99. The molecule has 3 aliphatic carbocycles. The van der Waals surface area contributed by atoms with Crippen molar-refractivity contribution < 1.29 is 4.79 Å². The molecule has 118 valence electrons. The van der Waals surface area contributed by atoms with E-state index in [1.54, 1.807) is 0 Å². The molecule has 0 radical (unpaired) electrons. The van der Waals surface area contributed by atoms with Crippen molar-refractivity contribution in [2.45, 2.75) is 36.9 Å². The number of fused-ring (bicyclic) bond motifs is 2. The summed E-state index contributed by atoms with van der Waals surface area (Å²) in [6.07, 6.45) is 4.35. The van der Waals surface area contributed by atoms with Crippen LogP contribution in [-0.2, 0) is 4.79 Å². The quantitative estimate of drug-likeness (QED) is 0.772. The van der Waals surface area contributed by atoms with E-state index in [9.17, 15) is 4.79 Å². The normalized spacial score (nSPS) is 38.0. The van der Waals surface area contributed by atoms with Gasteiger partial charge in [0.15, 0.2) is 0 Å². The van der Waals surface area contributed by atoms with E-state index < -0.39 is 4.33 Å². The van der Waals surface area contributed by atoms with Crippen LogP contribution in [0.5, 0.6) is 0 Å². The van der Waals surface area contributed by atoms with Crippen molar-refractivity contribution in [1.29, 1.82) is 0 Å². The third kappa shape index (κ3) is 2.45. The van der Waals surface area contributed by atoms with Crippen molar-refractivity contribution >= 4 is 34.8 Å². The van der Waals surface area contributed by atoms with Crippen LogP contribution in [0.2, 0.25) is 0 Å². The van der Waals surface area contributed by atoms with E-state index in [0.717, 1.165) is 31.4 Å². The van der Waals surface area contributed by atoms with Gasteiger partial charge in [0, 0.05) is 11.6 Å². The fraction of sp³-hybridized carbons (Fsp3) is 0.611. The molecule has 4 atom stereocenters. The molecule has 1 amide bonds. The number of halogens is 2. The fourth-order valence-corrected chi connectivity index (χ4v) is 5.48. The van der Waals surface area contributed by atoms with Crippen LogP contribution in [0.25, 0.3) is 0 Å². The molecule has 0 spiro atoms. The second kappa shape index (κ2) is 5.14. The van der Waals surface area contributed by atoms with Gasteiger partial charge in [-0.25, -0.2) is 0 Å². The number of carbonyl (C=O) groups is 1. The molecule has 0 saturated heterocycles. The number of hydrogen-bond donors (Lipinski definition) is 1. The Hall–Kier alpha value is -0.730. The monoisotopic (exact) mass is 337 g/mol. The minimum absolute atomic E-state index is 0.193. The summed E-state index contributed by atoms with van der Waals surface area (Å²) in [5.41, 5.74) is 2.08. The van der Waals surface area contributed by atoms with Crippen LogP contribution >= 0.6 is 23.2 Å². The number of nitrogens with one attached hydrogen (secondary N) is 1. The van der Waals surface area contributed by atoms with Crippen LogP contribution < -0.4 is 5.32 Å². The van der Waals surface area contributed by atoms with Gasteiger partial charge < -0.3 is 5.32 Å². The average molecular weight is 338 g/mol. The van der Waals surface area contributed by atoms with E-state index in [4.69, 9.17) is 23.2 Å². The molecule has 3 saturated carbocycles. The number of benzene rings is 1. The van der Waals surface area contributed by atoms with Crippen LogP contribution in [0.3, 0.4) is 0 Å². The molecule has 0 aliphatic heterocycles. The van der Waals surface area contributed by atoms with Gasteiger partial charge in [-0.3, -0.25) is 4.79 Å². The van der Waals surface area contributed by atoms with E-state index in [-0.39, 0.29) is 11.8 Å². The smallest absolute Gasteiger partial charge is 0.228 e. The molecular weight excluding hydrogens is 317 g/mol. The molecule has 2 nitrogen and oxygen atoms in total. The number of hydrogen-bond acceptors (Lipinski definition) is 1. The number of amides is 1. The second-order valence-electron chi connectivity index (χ2n) is 7.25. The highest BCUT2D eigenvalue weighted by atomic mass is 35.5. The van der Waals surface area contributed by atoms with E-state index in [2.05, 4.69) is 5.32 Å². The van der Waals surface area contributed by atoms with Crippen LogP contribution in [0.1, 0.15) is 31.2 Å². The molecule has 1 N–H and O–H groups in total. The lowest BCUT2D eigenvalue weighted by Crippen LogP contribution is -2.15. The summed E-state index contributed by atoms with van der Waals surface area (Å²) in [6, 6.07) is 8.00. The van der Waals surface area contributed by atoms with Gasteiger partial charge in [-0.2, -0.15) is 0 Å². The van der Waals surface area contributed by atoms with Crippen LogP contribution in [-0.4, -0.2) is 10.2 Å². The lowest BCUT2D eigenvalue weighted by atomic mass is 10.0. The van der Waals surface area contributed by atoms with Gasteiger partial charge in [0.2, 0.25) is 5.91 Å². The highest BCUT2D eigenvalue weighted by molar-refractivity contribution is 6.51. The summed E-state index contributed by atoms with van der Waals surface area (Å²) >= 11 is 12.7. The van der Waals surface area contributed by atoms with Crippen molar-refractivity contribution in [2.24, 2.45) is 29.6 Å². The Morgan fingerprint density at radius 1 is 1.14 bits per heavy atom. The fourth-order valence-electron chi connectivity index (χ4n) is 4.56. The highest BCUT2D eigenvalue weighted by Crippen LogP contribution is 2.67. The van der Waals surface area contributed by atoms with Crippen LogP contribution in [0.4, 0.5) is 5.69 Å². The molecule has 1 aromatic rings. The van der Waals surface area contributed by atoms with Gasteiger partial charge in [-0.15, -0.1) is 23.2 Å². The lowest BCUT2D eigenvalue weighted by Gasteiger charge is -2.06. The van der Waals surface area contributed by atoms with Gasteiger partial charge in [0.1, 0.15) is 4.33 Å². The van der Waals surface area contributed by atoms with Gasteiger partial charge in [-0.05, 0) is 74.0 Å². The van der Waals surface area contributed by atoms with Gasteiger partial charge >= 0.3 is 0 Å². The van der Waals surface area contributed by atoms with Gasteiger partial charge in [-0.1, -0.05) is 12.1 Å². The summed E-state index contributed by atoms with van der Waals surface area (Å²) < 4.78 is -0.476. The van der Waals surface area contributed by atoms with E-state index in [0.29, 0.717) is 23.7 Å². The molecule has 4 rings (SSSR count). The Morgan fingerprint density at radius 3 is 2.36 bits per heavy atom. The Labute approximate surface area is 141 Å². The minimum Gasteiger partial charge on any atom is -0.326 e. The lowest BCUT2D eigenvalue weighted by molar-refractivity contribution is -0.117. The van der Waals surface area contributed by atoms with Crippen LogP contribution in [0, 0.1) is 36.5 Å². The summed E-state index contributed by atoms with van der Waals surface area (Å²) in [5, 5.41) is 3.09. The summed E-state index contributed by atoms with van der Waals surface area (Å²) in [5.74, 6) is 2.37. The zero-order valence-electron chi connectivity index (χ0n) is 12.7. The van der Waals surface area contributed by atoms with Crippen molar-refractivity contribution in [3.63, 3.8) is 0 Å². The summed E-state index contributed by atoms with van der Waals surface area (Å²) in [7, 11) is 0. The van der Waals surface area contributed by atoms with E-state index in [1.165, 1.54) is 5.56 Å². The van der Waals surface area contributed by atoms with Crippen molar-refractivity contribution in [1.82, 2.24) is 0 Å². The number of anilines is 1. The number of alkyl halides is 2. The molecule has 3 fully saturated rings. The Balaban J connectivity index is 1.38. The maximum Gasteiger partial charge on any atom is 0.228 e. The predicted molar refractivity (Wildman–Crippen MR) is 90.2 cm³/mol. The molecule has 4 heteroatoms. The topological polar surface area (TPSA) is 29.1 Å². The second-order valence-corrected chi connectivity index (χ2v) is 8.70. The first-order chi connectivity index (χ1) is 10.5. The molecule has 3 aliphatic rings. The first kappa shape index (κ1) is 14.8. The molecular formula is C18H21Cl2NO. The van der Waals surface area contributed by atoms with Crippen LogP contribution in [0.15, 0.2) is 24.3 Å². The zero-order chi connectivity index (χ0) is 15.5. The van der Waals surface area contributed by atoms with Gasteiger partial charge in [0.05, 0.1) is 0 Å². The summed E-state index contributed by atoms with van der Waals surface area (Å²) in [6.45, 7) is 2.04. The van der Waals surface area contributed by atoms with Gasteiger partial charge in [0.25, 0.3) is 0 Å². The SMILES string of the molecule is Cc1cccc(NC(=O)C2[C@H]3CC[C@@H]4[C@@H](CC[C@H]23)C4(Cl)Cl)c1. The molecule has 0 heterocycles. The van der Waals surface area contributed by atoms with Crippen molar-refractivity contribution in [2.75, 3.05) is 5.32 Å². The highest BCUT2D eigenvalue weighted by Gasteiger charge is 2.65. The molecule has 22 heavy (non-hydrogen) atoms. The third-order valence-corrected chi connectivity index (χ3v) is 7.03. The standard InChI is InChI=1S/C18H21Cl2NO/c1-10-3-2-4-11(9-10)21-17(22)16-12-5-7-14-15(18(14,19)20)8-6-13(12)16/h2-4,9,12-16H,5-8H2,1H3,(H,21,22)/t12-,13-,14+,15+/m0/s1. The maximum absolute atomic E-state index is 12.5. The van der Waals surface area contributed by atoms with E-state index >= 15 is 0 Å². The summed E-state index contributed by atoms with van der Waals surface area (Å²) in [4.78, 5) is 12.5. The molecule has 0 unspecified atom stereocenters. The maximum atomic E-state index is 12.5. The van der Waals surface area contributed by atoms with Crippen molar-refractivity contribution in [3.05, 3.63) is 29.8 Å². The molecule has 0 bridgehead atoms. The molecule has 0 aromatic heterocycles. The number of aryl methyl sites for hydroxylation is 1. The third-order valence-electron chi connectivity index (χ3n) is 5.91. The predicted octanol–water partition coefficient (Wildman–Crippen LogP) is 4.79. The Morgan fingerprint density at radius 2 is 1.77 bits per heavy atom. The Kier molecular flexibility index (Phi) is 3.47. The number of rotatable bonds is 2. The molecule has 1 aromatic carbocycles. The average Bonchev–Trinajstić information content (AvgIpc) is 3.23. The number of carbonyl (C=O) groups excluding carboxylic acids is 1. The Bertz CT molecular complexity index is 593. The largest absolute Gasteiger partial charge is 0.326 e. The first-order valence-electron chi connectivity index (χ1n) is 8.24. The minimum atomic E-state index is -0.476.